The number of rotatable bonds is 7. The molecule has 0 aromatic heterocycles. The molecule has 0 radical (unpaired) electrons. The minimum atomic E-state index is 0.734. The van der Waals surface area contributed by atoms with Gasteiger partial charge in [-0.3, -0.25) is 0 Å². The number of benzene rings is 1. The van der Waals surface area contributed by atoms with Gasteiger partial charge < -0.3 is 15.0 Å². The number of hydrogen-bond acceptors (Lipinski definition) is 3. The summed E-state index contributed by atoms with van der Waals surface area (Å²) in [6.45, 7) is 2.50. The highest BCUT2D eigenvalue weighted by atomic mass is 79.9. The average Bonchev–Trinajstić information content (AvgIpc) is 2.34. The first-order valence-electron chi connectivity index (χ1n) is 6.93. The van der Waals surface area contributed by atoms with Crippen molar-refractivity contribution in [3.8, 4) is 0 Å². The zero-order chi connectivity index (χ0) is 13.7. The zero-order valence-electron chi connectivity index (χ0n) is 11.8. The molecular weight excluding hydrogens is 304 g/mol. The highest BCUT2D eigenvalue weighted by Crippen LogP contribution is 2.30. The predicted molar refractivity (Wildman–Crippen MR) is 83.8 cm³/mol. The van der Waals surface area contributed by atoms with Crippen molar-refractivity contribution in [2.75, 3.05) is 32.2 Å². The van der Waals surface area contributed by atoms with Gasteiger partial charge >= 0.3 is 0 Å². The molecule has 0 bridgehead atoms. The van der Waals surface area contributed by atoms with Crippen molar-refractivity contribution in [1.82, 2.24) is 5.32 Å². The van der Waals surface area contributed by atoms with Crippen molar-refractivity contribution in [1.29, 1.82) is 0 Å². The molecule has 1 fully saturated rings. The summed E-state index contributed by atoms with van der Waals surface area (Å²) < 4.78 is 6.21. The maximum absolute atomic E-state index is 5.02. The maximum atomic E-state index is 5.02. The molecule has 0 spiro atoms. The number of nitrogens with one attached hydrogen (secondary N) is 1. The average molecular weight is 327 g/mol. The third-order valence-corrected chi connectivity index (χ3v) is 4.60. The molecule has 3 nitrogen and oxygen atoms in total. The van der Waals surface area contributed by atoms with Crippen molar-refractivity contribution in [2.24, 2.45) is 0 Å². The smallest absolute Gasteiger partial charge is 0.0587 e. The van der Waals surface area contributed by atoms with Gasteiger partial charge in [0.05, 0.1) is 6.61 Å². The fraction of sp³-hybridized carbons (Fsp3) is 0.600. The molecule has 1 aliphatic carbocycles. The van der Waals surface area contributed by atoms with Crippen LogP contribution in [0.5, 0.6) is 0 Å². The normalized spacial score (nSPS) is 15.3. The molecule has 0 atom stereocenters. The van der Waals surface area contributed by atoms with E-state index >= 15 is 0 Å². The summed E-state index contributed by atoms with van der Waals surface area (Å²) in [5.41, 5.74) is 2.60. The van der Waals surface area contributed by atoms with Crippen molar-refractivity contribution in [2.45, 2.75) is 31.8 Å². The highest BCUT2D eigenvalue weighted by Gasteiger charge is 2.22. The molecule has 2 rings (SSSR count). The lowest BCUT2D eigenvalue weighted by Crippen LogP contribution is -2.37. The third-order valence-electron chi connectivity index (χ3n) is 3.86. The second-order valence-electron chi connectivity index (χ2n) is 5.14. The van der Waals surface area contributed by atoms with Crippen LogP contribution in [0.3, 0.4) is 0 Å². The summed E-state index contributed by atoms with van der Waals surface area (Å²) in [7, 11) is 3.92. The molecule has 1 aromatic rings. The molecule has 0 saturated heterocycles. The first-order valence-corrected chi connectivity index (χ1v) is 7.72. The Morgan fingerprint density at radius 1 is 1.42 bits per heavy atom. The second-order valence-corrected chi connectivity index (χ2v) is 6.00. The summed E-state index contributed by atoms with van der Waals surface area (Å²) in [5.74, 6) is 0. The molecule has 0 aliphatic heterocycles. The molecule has 1 aromatic carbocycles. The molecule has 4 heteroatoms. The Morgan fingerprint density at radius 3 is 2.79 bits per heavy atom. The number of methoxy groups -OCH3 is 1. The fourth-order valence-corrected chi connectivity index (χ4v) is 2.79. The zero-order valence-corrected chi connectivity index (χ0v) is 13.4. The van der Waals surface area contributed by atoms with Gasteiger partial charge in [-0.2, -0.15) is 0 Å². The lowest BCUT2D eigenvalue weighted by molar-refractivity contribution is 0.199. The van der Waals surface area contributed by atoms with E-state index in [1.54, 1.807) is 7.11 Å². The number of ether oxygens (including phenoxy) is 1. The monoisotopic (exact) mass is 326 g/mol. The van der Waals surface area contributed by atoms with Crippen molar-refractivity contribution >= 4 is 21.6 Å². The van der Waals surface area contributed by atoms with Gasteiger partial charge in [0.25, 0.3) is 0 Å². The molecule has 0 unspecified atom stereocenters. The van der Waals surface area contributed by atoms with Gasteiger partial charge in [0.2, 0.25) is 0 Å². The van der Waals surface area contributed by atoms with Gasteiger partial charge in [-0.1, -0.05) is 22.0 Å². The summed E-state index contributed by atoms with van der Waals surface area (Å²) in [6.07, 6.45) is 4.03. The number of halogens is 1. The largest absolute Gasteiger partial charge is 0.383 e. The van der Waals surface area contributed by atoms with Crippen LogP contribution >= 0.6 is 15.9 Å². The van der Waals surface area contributed by atoms with Gasteiger partial charge in [-0.15, -0.1) is 0 Å². The third kappa shape index (κ3) is 3.94. The molecule has 19 heavy (non-hydrogen) atoms. The molecule has 1 N–H and O–H groups in total. The van der Waals surface area contributed by atoms with Crippen molar-refractivity contribution in [3.05, 3.63) is 28.2 Å². The van der Waals surface area contributed by atoms with Crippen LogP contribution in [0.1, 0.15) is 24.8 Å². The molecule has 1 aliphatic rings. The highest BCUT2D eigenvalue weighted by molar-refractivity contribution is 9.10. The number of anilines is 1. The van der Waals surface area contributed by atoms with E-state index in [1.165, 1.54) is 35.0 Å². The summed E-state index contributed by atoms with van der Waals surface area (Å²) in [5, 5.41) is 3.37. The van der Waals surface area contributed by atoms with Gasteiger partial charge in [-0.05, 0) is 37.0 Å². The Hall–Kier alpha value is -0.580. The topological polar surface area (TPSA) is 24.5 Å². The van der Waals surface area contributed by atoms with Gasteiger partial charge in [0.15, 0.2) is 0 Å². The van der Waals surface area contributed by atoms with E-state index < -0.39 is 0 Å². The lowest BCUT2D eigenvalue weighted by Gasteiger charge is -2.36. The molecule has 0 amide bonds. The SMILES string of the molecule is COCCNCc1ccc(N(C)C2CCC2)cc1Br. The van der Waals surface area contributed by atoms with Gasteiger partial charge in [0, 0.05) is 43.4 Å². The van der Waals surface area contributed by atoms with Crippen LogP contribution in [0.25, 0.3) is 0 Å². The molecule has 0 heterocycles. The molecule has 1 saturated carbocycles. The van der Waals surface area contributed by atoms with E-state index in [-0.39, 0.29) is 0 Å². The van der Waals surface area contributed by atoms with Gasteiger partial charge in [-0.25, -0.2) is 0 Å². The maximum Gasteiger partial charge on any atom is 0.0587 e. The Labute approximate surface area is 124 Å². The van der Waals surface area contributed by atoms with E-state index in [0.717, 1.165) is 25.7 Å². The summed E-state index contributed by atoms with van der Waals surface area (Å²) in [6, 6.07) is 7.38. The Bertz CT molecular complexity index is 407. The van der Waals surface area contributed by atoms with Crippen LogP contribution in [0.4, 0.5) is 5.69 Å². The van der Waals surface area contributed by atoms with E-state index in [0.29, 0.717) is 0 Å². The quantitative estimate of drug-likeness (QED) is 0.779. The van der Waals surface area contributed by atoms with Crippen LogP contribution < -0.4 is 10.2 Å². The summed E-state index contributed by atoms with van der Waals surface area (Å²) >= 11 is 3.68. The first kappa shape index (κ1) is 14.8. The first-order chi connectivity index (χ1) is 9.22. The van der Waals surface area contributed by atoms with Crippen LogP contribution in [-0.2, 0) is 11.3 Å². The van der Waals surface area contributed by atoms with E-state index in [4.69, 9.17) is 4.74 Å². The van der Waals surface area contributed by atoms with E-state index in [1.807, 2.05) is 0 Å². The standard InChI is InChI=1S/C15H23BrN2O/c1-18(13-4-3-5-13)14-7-6-12(15(16)10-14)11-17-8-9-19-2/h6-7,10,13,17H,3-5,8-9,11H2,1-2H3. The van der Waals surface area contributed by atoms with Crippen molar-refractivity contribution in [3.63, 3.8) is 0 Å². The van der Waals surface area contributed by atoms with E-state index in [2.05, 4.69) is 51.4 Å². The fourth-order valence-electron chi connectivity index (χ4n) is 2.28. The van der Waals surface area contributed by atoms with Crippen LogP contribution in [0.15, 0.2) is 22.7 Å². The van der Waals surface area contributed by atoms with E-state index in [9.17, 15) is 0 Å². The van der Waals surface area contributed by atoms with Crippen molar-refractivity contribution < 1.29 is 4.74 Å². The molecule has 106 valence electrons. The van der Waals surface area contributed by atoms with Gasteiger partial charge in [0.1, 0.15) is 0 Å². The summed E-state index contributed by atoms with van der Waals surface area (Å²) in [4.78, 5) is 2.40. The number of nitrogens with zero attached hydrogens (tertiary/aromatic N) is 1. The molecular formula is C15H23BrN2O. The lowest BCUT2D eigenvalue weighted by atomic mass is 9.91. The van der Waals surface area contributed by atoms with Crippen LogP contribution in [0, 0.1) is 0 Å². The van der Waals surface area contributed by atoms with Crippen LogP contribution in [-0.4, -0.2) is 33.4 Å². The Balaban J connectivity index is 1.92. The Morgan fingerprint density at radius 2 is 2.21 bits per heavy atom. The Kier molecular flexibility index (Phi) is 5.67. The minimum Gasteiger partial charge on any atom is -0.383 e. The predicted octanol–water partition coefficient (Wildman–Crippen LogP) is 3.17. The number of hydrogen-bond donors (Lipinski definition) is 1. The second kappa shape index (κ2) is 7.27. The minimum absolute atomic E-state index is 0.734. The van der Waals surface area contributed by atoms with Crippen LogP contribution in [0.2, 0.25) is 0 Å².